The van der Waals surface area contributed by atoms with Crippen LogP contribution in [0.3, 0.4) is 0 Å². The Balaban J connectivity index is 1.67. The van der Waals surface area contributed by atoms with Crippen LogP contribution in [0.25, 0.3) is 11.1 Å². The fourth-order valence-corrected chi connectivity index (χ4v) is 3.48. The van der Waals surface area contributed by atoms with Gasteiger partial charge in [-0.15, -0.1) is 5.11 Å². The van der Waals surface area contributed by atoms with Crippen molar-refractivity contribution in [2.45, 2.75) is 46.0 Å². The predicted octanol–water partition coefficient (Wildman–Crippen LogP) is 5.14. The number of rotatable bonds is 2. The van der Waals surface area contributed by atoms with E-state index in [4.69, 9.17) is 4.42 Å². The first-order valence-corrected chi connectivity index (χ1v) is 8.51. The Labute approximate surface area is 145 Å². The summed E-state index contributed by atoms with van der Waals surface area (Å²) in [6.45, 7) is 3.88. The van der Waals surface area contributed by atoms with E-state index >= 15 is 0 Å². The molecule has 4 rings (SSSR count). The van der Waals surface area contributed by atoms with Crippen molar-refractivity contribution in [2.75, 3.05) is 0 Å². The predicted molar refractivity (Wildman–Crippen MR) is 92.8 cm³/mol. The fraction of sp³-hybridized carbons (Fsp3) is 0.368. The van der Waals surface area contributed by atoms with Crippen LogP contribution in [0.15, 0.2) is 49.4 Å². The molecule has 6 nitrogen and oxygen atoms in total. The number of carbonyl (C=O) groups excluding carboxylic acids is 1. The largest absolute Gasteiger partial charge is 0.509 e. The lowest BCUT2D eigenvalue weighted by atomic mass is 9.83. The molecule has 0 saturated carbocycles. The van der Waals surface area contributed by atoms with E-state index in [2.05, 4.69) is 15.2 Å². The maximum Gasteiger partial charge on any atom is 0.341 e. The molecule has 0 spiro atoms. The number of allylic oxidation sites excluding steroid dienone is 2. The lowest BCUT2D eigenvalue weighted by Gasteiger charge is -2.23. The van der Waals surface area contributed by atoms with E-state index in [0.29, 0.717) is 12.0 Å². The van der Waals surface area contributed by atoms with Gasteiger partial charge in [-0.05, 0) is 50.7 Å². The molecule has 0 saturated heterocycles. The molecule has 0 bridgehead atoms. The van der Waals surface area contributed by atoms with Gasteiger partial charge >= 0.3 is 6.01 Å². The van der Waals surface area contributed by atoms with Crippen molar-refractivity contribution in [3.63, 3.8) is 0 Å². The van der Waals surface area contributed by atoms with Gasteiger partial charge in [0.25, 0.3) is 0 Å². The second kappa shape index (κ2) is 5.95. The quantitative estimate of drug-likeness (QED) is 0.768. The van der Waals surface area contributed by atoms with Gasteiger partial charge in [-0.25, -0.2) is 0 Å². The monoisotopic (exact) mass is 337 g/mol. The number of ketones is 1. The zero-order chi connectivity index (χ0) is 17.6. The number of aromatic nitrogens is 1. The van der Waals surface area contributed by atoms with Gasteiger partial charge in [-0.3, -0.25) is 4.79 Å². The summed E-state index contributed by atoms with van der Waals surface area (Å²) < 4.78 is 5.65. The number of oxazole rings is 1. The van der Waals surface area contributed by atoms with E-state index in [1.54, 1.807) is 0 Å². The van der Waals surface area contributed by atoms with Crippen LogP contribution in [-0.2, 0) is 4.79 Å². The molecule has 0 atom stereocenters. The maximum atomic E-state index is 12.6. The summed E-state index contributed by atoms with van der Waals surface area (Å²) in [7, 11) is 0. The van der Waals surface area contributed by atoms with E-state index in [9.17, 15) is 9.90 Å². The molecule has 0 unspecified atom stereocenters. The first-order chi connectivity index (χ1) is 12.0. The molecule has 25 heavy (non-hydrogen) atoms. The Bertz CT molecular complexity index is 940. The number of azo groups is 1. The Hall–Kier alpha value is -2.76. The highest BCUT2D eigenvalue weighted by Crippen LogP contribution is 2.36. The third kappa shape index (κ3) is 2.67. The Morgan fingerprint density at radius 2 is 1.88 bits per heavy atom. The number of aryl methyl sites for hydroxylation is 2. The molecule has 2 aliphatic rings. The van der Waals surface area contributed by atoms with Crippen LogP contribution in [0, 0.1) is 13.8 Å². The van der Waals surface area contributed by atoms with Gasteiger partial charge in [0.05, 0.1) is 0 Å². The molecule has 0 aliphatic heterocycles. The second-order valence-electron chi connectivity index (χ2n) is 6.66. The van der Waals surface area contributed by atoms with Crippen LogP contribution < -0.4 is 0 Å². The molecule has 0 fully saturated rings. The van der Waals surface area contributed by atoms with Gasteiger partial charge < -0.3 is 9.52 Å². The molecule has 1 heterocycles. The van der Waals surface area contributed by atoms with Gasteiger partial charge in [0.1, 0.15) is 11.3 Å². The minimum absolute atomic E-state index is 0.0105. The number of hydrogen-bond donors (Lipinski definition) is 1. The van der Waals surface area contributed by atoms with Crippen molar-refractivity contribution in [3.05, 3.63) is 45.9 Å². The Morgan fingerprint density at radius 3 is 2.68 bits per heavy atom. The SMILES string of the molecule is Cc1ccc(C)c2oc(N=NC3=C(O)CC4=C(CCCC4)C3=O)nc12. The van der Waals surface area contributed by atoms with E-state index in [1.165, 1.54) is 0 Å². The minimum atomic E-state index is -0.217. The third-order valence-corrected chi connectivity index (χ3v) is 4.89. The highest BCUT2D eigenvalue weighted by Gasteiger charge is 2.30. The summed E-state index contributed by atoms with van der Waals surface area (Å²) in [5, 5.41) is 18.2. The van der Waals surface area contributed by atoms with Gasteiger partial charge in [0.2, 0.25) is 5.78 Å². The summed E-state index contributed by atoms with van der Waals surface area (Å²) in [6, 6.07) is 4.01. The number of fused-ring (bicyclic) bond motifs is 1. The number of nitrogens with zero attached hydrogens (tertiary/aromatic N) is 3. The molecular formula is C19H19N3O3. The van der Waals surface area contributed by atoms with Gasteiger partial charge in [0.15, 0.2) is 11.3 Å². The smallest absolute Gasteiger partial charge is 0.341 e. The third-order valence-electron chi connectivity index (χ3n) is 4.89. The van der Waals surface area contributed by atoms with E-state index in [-0.39, 0.29) is 23.3 Å². The molecule has 1 aromatic carbocycles. The summed E-state index contributed by atoms with van der Waals surface area (Å²) >= 11 is 0. The normalized spacial score (nSPS) is 18.6. The molecule has 2 aromatic rings. The fourth-order valence-electron chi connectivity index (χ4n) is 3.48. The van der Waals surface area contributed by atoms with Crippen molar-refractivity contribution >= 4 is 22.9 Å². The van der Waals surface area contributed by atoms with E-state index in [0.717, 1.165) is 53.5 Å². The second-order valence-corrected chi connectivity index (χ2v) is 6.66. The topological polar surface area (TPSA) is 88.0 Å². The van der Waals surface area contributed by atoms with Crippen molar-refractivity contribution in [2.24, 2.45) is 10.2 Å². The van der Waals surface area contributed by atoms with E-state index in [1.807, 2.05) is 26.0 Å². The molecular weight excluding hydrogens is 318 g/mol. The highest BCUT2D eigenvalue weighted by molar-refractivity contribution is 6.09. The number of Topliss-reactive ketones (excluding diaryl/α,β-unsaturated/α-hetero) is 1. The lowest BCUT2D eigenvalue weighted by molar-refractivity contribution is -0.113. The standard InChI is InChI=1S/C19H19N3O3/c1-10-7-8-11(2)18-15(10)20-19(25-18)22-21-16-14(23)9-12-5-3-4-6-13(12)17(16)24/h7-8,23H,3-6,9H2,1-2H3. The van der Waals surface area contributed by atoms with E-state index < -0.39 is 0 Å². The molecule has 2 aliphatic carbocycles. The molecule has 0 amide bonds. The lowest BCUT2D eigenvalue weighted by Crippen LogP contribution is -2.18. The zero-order valence-electron chi connectivity index (χ0n) is 14.3. The maximum absolute atomic E-state index is 12.6. The van der Waals surface area contributed by atoms with Crippen molar-refractivity contribution in [1.82, 2.24) is 4.98 Å². The summed E-state index contributed by atoms with van der Waals surface area (Å²) in [5.41, 5.74) is 5.19. The molecule has 1 N–H and O–H groups in total. The summed E-state index contributed by atoms with van der Waals surface area (Å²) in [4.78, 5) is 16.9. The molecule has 128 valence electrons. The van der Waals surface area contributed by atoms with Crippen LogP contribution in [-0.4, -0.2) is 15.9 Å². The van der Waals surface area contributed by atoms with Crippen molar-refractivity contribution < 1.29 is 14.3 Å². The van der Waals surface area contributed by atoms with Gasteiger partial charge in [-0.1, -0.05) is 22.8 Å². The van der Waals surface area contributed by atoms with Crippen molar-refractivity contribution in [1.29, 1.82) is 0 Å². The molecule has 0 radical (unpaired) electrons. The van der Waals surface area contributed by atoms with Crippen LogP contribution >= 0.6 is 0 Å². The van der Waals surface area contributed by atoms with Crippen LogP contribution in [0.5, 0.6) is 0 Å². The van der Waals surface area contributed by atoms with Gasteiger partial charge in [-0.2, -0.15) is 4.98 Å². The van der Waals surface area contributed by atoms with Crippen LogP contribution in [0.2, 0.25) is 0 Å². The molecule has 1 aromatic heterocycles. The Morgan fingerprint density at radius 1 is 1.12 bits per heavy atom. The first-order valence-electron chi connectivity index (χ1n) is 8.51. The van der Waals surface area contributed by atoms with Crippen LogP contribution in [0.1, 0.15) is 43.2 Å². The average Bonchev–Trinajstić information content (AvgIpc) is 3.04. The number of hydrogen-bond acceptors (Lipinski definition) is 6. The Kier molecular flexibility index (Phi) is 3.75. The first kappa shape index (κ1) is 15.7. The summed E-state index contributed by atoms with van der Waals surface area (Å²) in [5.74, 6) is -0.233. The number of aliphatic hydroxyl groups is 1. The number of carbonyl (C=O) groups is 1. The van der Waals surface area contributed by atoms with Crippen LogP contribution in [0.4, 0.5) is 6.01 Å². The number of aliphatic hydroxyl groups excluding tert-OH is 1. The highest BCUT2D eigenvalue weighted by atomic mass is 16.4. The molecule has 6 heteroatoms. The number of benzene rings is 1. The minimum Gasteiger partial charge on any atom is -0.509 e. The summed E-state index contributed by atoms with van der Waals surface area (Å²) in [6.07, 6.45) is 4.08. The van der Waals surface area contributed by atoms with Crippen molar-refractivity contribution in [3.8, 4) is 0 Å². The zero-order valence-corrected chi connectivity index (χ0v) is 14.3. The average molecular weight is 337 g/mol. The van der Waals surface area contributed by atoms with Gasteiger partial charge in [0, 0.05) is 12.0 Å².